The molecule has 0 amide bonds. The average molecular weight is 781 g/mol. The van der Waals surface area contributed by atoms with E-state index in [2.05, 4.69) is 127 Å². The van der Waals surface area contributed by atoms with Gasteiger partial charge in [-0.15, -0.1) is 6.42 Å². The van der Waals surface area contributed by atoms with Gasteiger partial charge in [-0.1, -0.05) is 20.8 Å². The van der Waals surface area contributed by atoms with Crippen molar-refractivity contribution >= 4 is 0 Å². The predicted molar refractivity (Wildman–Crippen MR) is 234 cm³/mol. The molecule has 7 nitrogen and oxygen atoms in total. The van der Waals surface area contributed by atoms with Crippen LogP contribution in [-0.4, -0.2) is 64.3 Å². The maximum Gasteiger partial charge on any atom is 0.0637 e. The monoisotopic (exact) mass is 780 g/mol. The number of fused-ring (bicyclic) bond motifs is 5. The van der Waals surface area contributed by atoms with Crippen LogP contribution in [-0.2, 0) is 14.2 Å². The zero-order valence-corrected chi connectivity index (χ0v) is 35.2. The first-order chi connectivity index (χ1) is 28.3. The van der Waals surface area contributed by atoms with Crippen LogP contribution < -0.4 is 22.5 Å². The third kappa shape index (κ3) is 12.8. The first-order valence-electron chi connectivity index (χ1n) is 21.5. The number of hydrogen-bond acceptors (Lipinski definition) is 7. The van der Waals surface area contributed by atoms with Crippen molar-refractivity contribution in [3.8, 4) is 107 Å². The van der Waals surface area contributed by atoms with E-state index in [9.17, 15) is 0 Å². The fourth-order valence-electron chi connectivity index (χ4n) is 10.9. The van der Waals surface area contributed by atoms with Crippen LogP contribution in [0.4, 0.5) is 0 Å². The molecule has 0 spiro atoms. The third-order valence-corrected chi connectivity index (χ3v) is 13.6. The summed E-state index contributed by atoms with van der Waals surface area (Å²) < 4.78 is 20.3. The molecule has 4 aliphatic carbocycles. The molecule has 0 aromatic carbocycles. The van der Waals surface area contributed by atoms with Gasteiger partial charge in [-0.3, -0.25) is 0 Å². The normalized spacial score (nSPS) is 30.1. The van der Waals surface area contributed by atoms with E-state index >= 15 is 0 Å². The van der Waals surface area contributed by atoms with Gasteiger partial charge in [-0.25, -0.2) is 0 Å². The zero-order valence-electron chi connectivity index (χ0n) is 35.2. The minimum absolute atomic E-state index is 0.0824. The van der Waals surface area contributed by atoms with Gasteiger partial charge in [0.15, 0.2) is 0 Å². The molecule has 0 aromatic heterocycles. The standard InChI is InChI=1S/C51H64N4O3/c1-5-6-7-8-9-10-11-12-13-14-15-16-17-18-19-20-33-55-34-21-25-41(2)44-26-27-45-49-46(40-48(51(44,45)4)58-37-24-32-54)50(3)29-28-43(56-35-22-30-52)38-42(50)39-47(49)57-36-23-31-53/h1,41-49,55H,21-32,34-40,52-54H2,2-4H3/t41-,42+,43-,44-,45+,46+,47-,48+,49+,50+,51-/m1/s1. The van der Waals surface area contributed by atoms with Gasteiger partial charge >= 0.3 is 0 Å². The van der Waals surface area contributed by atoms with E-state index in [-0.39, 0.29) is 23.0 Å². The van der Waals surface area contributed by atoms with Crippen LogP contribution in [0.15, 0.2) is 0 Å². The van der Waals surface area contributed by atoms with E-state index in [1.165, 1.54) is 19.3 Å². The summed E-state index contributed by atoms with van der Waals surface area (Å²) >= 11 is 0. The summed E-state index contributed by atoms with van der Waals surface area (Å²) in [6.07, 6.45) is 18.8. The van der Waals surface area contributed by atoms with E-state index in [0.29, 0.717) is 61.2 Å². The first kappa shape index (κ1) is 46.3. The Kier molecular flexibility index (Phi) is 20.1. The second-order valence-electron chi connectivity index (χ2n) is 16.7. The summed E-state index contributed by atoms with van der Waals surface area (Å²) in [5.41, 5.74) is 18.1. The van der Waals surface area contributed by atoms with Crippen LogP contribution in [0.2, 0.25) is 0 Å². The first-order valence-corrected chi connectivity index (χ1v) is 21.5. The van der Waals surface area contributed by atoms with Gasteiger partial charge in [0.1, 0.15) is 0 Å². The molecule has 0 aromatic rings. The number of terminal acetylenes is 1. The van der Waals surface area contributed by atoms with Crippen molar-refractivity contribution in [2.24, 2.45) is 63.5 Å². The molecule has 7 heteroatoms. The highest BCUT2D eigenvalue weighted by molar-refractivity contribution is 5.46. The molecule has 7 N–H and O–H groups in total. The minimum atomic E-state index is 0.0824. The van der Waals surface area contributed by atoms with Gasteiger partial charge in [0.05, 0.1) is 18.3 Å². The number of nitrogens with one attached hydrogen (secondary N) is 1. The summed E-state index contributed by atoms with van der Waals surface area (Å²) in [4.78, 5) is 0. The number of ether oxygens (including phenoxy) is 3. The Labute approximate surface area is 351 Å². The van der Waals surface area contributed by atoms with Crippen LogP contribution in [0.25, 0.3) is 0 Å². The van der Waals surface area contributed by atoms with Crippen molar-refractivity contribution in [3.63, 3.8) is 0 Å². The lowest BCUT2D eigenvalue weighted by atomic mass is 9.43. The summed E-state index contributed by atoms with van der Waals surface area (Å²) in [6, 6.07) is 2.95. The lowest BCUT2D eigenvalue weighted by Crippen LogP contribution is -2.63. The van der Waals surface area contributed by atoms with Crippen LogP contribution in [0.1, 0.15) is 97.8 Å². The molecule has 0 unspecified atom stereocenters. The van der Waals surface area contributed by atoms with Crippen LogP contribution in [0.5, 0.6) is 0 Å². The SMILES string of the molecule is C#CC#CC#CC#CC#CC#CC#CC#CC#CNCCC[C@@H](C)[C@H]1CC[C@H]2[C@@H]3[C@H](OCCCN)C[C@@H]4C[C@H](OCCCN)CC[C@]4(C)[C@H]3C[C@H](OCCCN)[C@]12C. The maximum atomic E-state index is 7.01. The minimum Gasteiger partial charge on any atom is -0.378 e. The molecule has 0 aliphatic heterocycles. The van der Waals surface area contributed by atoms with E-state index in [1.54, 1.807) is 0 Å². The van der Waals surface area contributed by atoms with Gasteiger partial charge < -0.3 is 36.7 Å². The molecule has 4 rings (SSSR count). The highest BCUT2D eigenvalue weighted by Crippen LogP contribution is 2.69. The largest absolute Gasteiger partial charge is 0.378 e. The van der Waals surface area contributed by atoms with Crippen LogP contribution in [0, 0.1) is 154 Å². The molecule has 4 saturated carbocycles. The lowest BCUT2D eigenvalue weighted by molar-refractivity contribution is -0.227. The molecule has 0 heterocycles. The molecule has 0 bridgehead atoms. The van der Waals surface area contributed by atoms with Crippen LogP contribution >= 0.6 is 0 Å². The van der Waals surface area contributed by atoms with E-state index in [1.807, 2.05) is 0 Å². The Morgan fingerprint density at radius 2 is 1.22 bits per heavy atom. The van der Waals surface area contributed by atoms with Gasteiger partial charge in [0, 0.05) is 85.2 Å². The van der Waals surface area contributed by atoms with Gasteiger partial charge in [-0.05, 0) is 185 Å². The Hall–Kier alpha value is -4.40. The Morgan fingerprint density at radius 3 is 1.83 bits per heavy atom. The van der Waals surface area contributed by atoms with Gasteiger partial charge in [-0.2, -0.15) is 0 Å². The van der Waals surface area contributed by atoms with Gasteiger partial charge in [0.25, 0.3) is 0 Å². The van der Waals surface area contributed by atoms with Crippen molar-refractivity contribution in [2.45, 2.75) is 116 Å². The fourth-order valence-corrected chi connectivity index (χ4v) is 10.9. The quantitative estimate of drug-likeness (QED) is 0.0962. The molecule has 306 valence electrons. The third-order valence-electron chi connectivity index (χ3n) is 13.6. The predicted octanol–water partition coefficient (Wildman–Crippen LogP) is 4.69. The van der Waals surface area contributed by atoms with Gasteiger partial charge in [0.2, 0.25) is 0 Å². The molecule has 4 fully saturated rings. The topological polar surface area (TPSA) is 118 Å². The molecular weight excluding hydrogens is 717 g/mol. The summed E-state index contributed by atoms with van der Waals surface area (Å²) in [5.74, 6) is 44.4. The van der Waals surface area contributed by atoms with E-state index in [4.69, 9.17) is 37.8 Å². The van der Waals surface area contributed by atoms with Crippen molar-refractivity contribution in [1.82, 2.24) is 5.32 Å². The molecule has 0 radical (unpaired) electrons. The highest BCUT2D eigenvalue weighted by atomic mass is 16.5. The van der Waals surface area contributed by atoms with Crippen molar-refractivity contribution in [1.29, 1.82) is 0 Å². The zero-order chi connectivity index (χ0) is 41.5. The Balaban J connectivity index is 1.37. The molecular formula is C51H64N4O3. The smallest absolute Gasteiger partial charge is 0.0637 e. The van der Waals surface area contributed by atoms with Crippen molar-refractivity contribution in [2.75, 3.05) is 46.0 Å². The Bertz CT molecular complexity index is 1910. The molecule has 58 heavy (non-hydrogen) atoms. The number of rotatable bonds is 17. The summed E-state index contributed by atoms with van der Waals surface area (Å²) in [5, 5.41) is 3.23. The molecule has 11 atom stereocenters. The number of nitrogens with two attached hydrogens (primary N) is 3. The fraction of sp³-hybridized carbons (Fsp3) is 0.647. The second-order valence-corrected chi connectivity index (χ2v) is 16.7. The summed E-state index contributed by atoms with van der Waals surface area (Å²) in [6.45, 7) is 12.7. The number of hydrogen-bond donors (Lipinski definition) is 4. The summed E-state index contributed by atoms with van der Waals surface area (Å²) in [7, 11) is 0. The molecule has 4 aliphatic rings. The van der Waals surface area contributed by atoms with E-state index < -0.39 is 0 Å². The average Bonchev–Trinajstić information content (AvgIpc) is 3.58. The van der Waals surface area contributed by atoms with Crippen molar-refractivity contribution < 1.29 is 14.2 Å². The highest BCUT2D eigenvalue weighted by Gasteiger charge is 2.66. The Morgan fingerprint density at radius 1 is 0.655 bits per heavy atom. The van der Waals surface area contributed by atoms with E-state index in [0.717, 1.165) is 84.2 Å². The lowest BCUT2D eigenvalue weighted by Gasteiger charge is -2.65. The second kappa shape index (κ2) is 25.2. The van der Waals surface area contributed by atoms with Crippen LogP contribution in [0.3, 0.4) is 0 Å². The molecule has 0 saturated heterocycles. The van der Waals surface area contributed by atoms with Crippen molar-refractivity contribution in [3.05, 3.63) is 0 Å². The maximum absolute atomic E-state index is 7.01.